The molecule has 3 rings (SSSR count). The normalized spacial score (nSPS) is 22.2. The Balaban J connectivity index is 1.50. The van der Waals surface area contributed by atoms with E-state index in [0.29, 0.717) is 0 Å². The second-order valence-corrected chi connectivity index (χ2v) is 5.76. The van der Waals surface area contributed by atoms with Crippen LogP contribution in [0.5, 0.6) is 0 Å². The number of nitrogens with zero attached hydrogens (tertiary/aromatic N) is 1. The van der Waals surface area contributed by atoms with E-state index >= 15 is 0 Å². The highest BCUT2D eigenvalue weighted by molar-refractivity contribution is 5.28. The average Bonchev–Trinajstić information content (AvgIpc) is 3.07. The van der Waals surface area contributed by atoms with Gasteiger partial charge in [0.1, 0.15) is 0 Å². The predicted molar refractivity (Wildman–Crippen MR) is 70.8 cm³/mol. The van der Waals surface area contributed by atoms with E-state index in [1.165, 1.54) is 50.8 Å². The zero-order valence-electron chi connectivity index (χ0n) is 10.5. The van der Waals surface area contributed by atoms with Gasteiger partial charge < -0.3 is 5.73 Å². The van der Waals surface area contributed by atoms with Gasteiger partial charge in [-0.15, -0.1) is 0 Å². The van der Waals surface area contributed by atoms with E-state index in [9.17, 15) is 0 Å². The molecule has 0 saturated heterocycles. The molecular formula is C15H22N2. The molecule has 2 nitrogen and oxygen atoms in total. The Labute approximate surface area is 104 Å². The van der Waals surface area contributed by atoms with Gasteiger partial charge in [0.25, 0.3) is 0 Å². The first kappa shape index (κ1) is 11.2. The highest BCUT2D eigenvalue weighted by atomic mass is 15.1. The molecule has 1 aromatic rings. The topological polar surface area (TPSA) is 29.3 Å². The number of hydrogen-bond donors (Lipinski definition) is 1. The van der Waals surface area contributed by atoms with E-state index in [0.717, 1.165) is 6.54 Å². The lowest BCUT2D eigenvalue weighted by molar-refractivity contribution is 0.245. The van der Waals surface area contributed by atoms with E-state index < -0.39 is 0 Å². The van der Waals surface area contributed by atoms with Gasteiger partial charge in [-0.2, -0.15) is 0 Å². The highest BCUT2D eigenvalue weighted by Gasteiger charge is 2.37. The quantitative estimate of drug-likeness (QED) is 0.860. The van der Waals surface area contributed by atoms with E-state index in [1.807, 2.05) is 0 Å². The third-order valence-corrected chi connectivity index (χ3v) is 4.25. The fourth-order valence-electron chi connectivity index (χ4n) is 2.81. The molecule has 0 radical (unpaired) electrons. The van der Waals surface area contributed by atoms with Crippen LogP contribution in [-0.4, -0.2) is 23.5 Å². The second kappa shape index (κ2) is 4.43. The summed E-state index contributed by atoms with van der Waals surface area (Å²) in [5.74, 6) is 0. The number of nitrogens with two attached hydrogens (primary N) is 1. The number of benzene rings is 1. The van der Waals surface area contributed by atoms with Crippen LogP contribution >= 0.6 is 0 Å². The Morgan fingerprint density at radius 1 is 1.18 bits per heavy atom. The van der Waals surface area contributed by atoms with Gasteiger partial charge in [-0.1, -0.05) is 24.3 Å². The molecule has 2 heteroatoms. The van der Waals surface area contributed by atoms with E-state index in [4.69, 9.17) is 5.73 Å². The van der Waals surface area contributed by atoms with Crippen molar-refractivity contribution in [2.45, 2.75) is 44.2 Å². The minimum atomic E-state index is 0.230. The van der Waals surface area contributed by atoms with Gasteiger partial charge in [0.05, 0.1) is 0 Å². The maximum Gasteiger partial charge on any atom is 0.0236 e. The van der Waals surface area contributed by atoms with Crippen molar-refractivity contribution < 1.29 is 0 Å². The Hall–Kier alpha value is -0.860. The highest BCUT2D eigenvalue weighted by Crippen LogP contribution is 2.36. The molecule has 92 valence electrons. The summed E-state index contributed by atoms with van der Waals surface area (Å²) in [6.07, 6.45) is 6.18. The lowest BCUT2D eigenvalue weighted by atomic mass is 9.99. The third kappa shape index (κ3) is 2.70. The molecule has 1 aromatic carbocycles. The van der Waals surface area contributed by atoms with Crippen molar-refractivity contribution in [3.8, 4) is 0 Å². The smallest absolute Gasteiger partial charge is 0.0236 e. The number of hydrogen-bond acceptors (Lipinski definition) is 2. The van der Waals surface area contributed by atoms with Crippen LogP contribution in [0.15, 0.2) is 24.3 Å². The Kier molecular flexibility index (Phi) is 2.93. The molecule has 1 fully saturated rings. The Morgan fingerprint density at radius 2 is 1.94 bits per heavy atom. The Morgan fingerprint density at radius 3 is 2.71 bits per heavy atom. The van der Waals surface area contributed by atoms with Crippen LogP contribution in [0.3, 0.4) is 0 Å². The molecule has 17 heavy (non-hydrogen) atoms. The van der Waals surface area contributed by atoms with Gasteiger partial charge in [-0.05, 0) is 49.8 Å². The van der Waals surface area contributed by atoms with Crippen LogP contribution in [0, 0.1) is 0 Å². The first-order valence-corrected chi connectivity index (χ1v) is 6.83. The average molecular weight is 230 g/mol. The summed E-state index contributed by atoms with van der Waals surface area (Å²) in [6.45, 7) is 3.57. The van der Waals surface area contributed by atoms with Gasteiger partial charge >= 0.3 is 0 Å². The molecule has 0 amide bonds. The summed E-state index contributed by atoms with van der Waals surface area (Å²) < 4.78 is 0. The van der Waals surface area contributed by atoms with Crippen LogP contribution in [0.25, 0.3) is 0 Å². The first-order valence-electron chi connectivity index (χ1n) is 6.83. The minimum absolute atomic E-state index is 0.230. The van der Waals surface area contributed by atoms with Crippen LogP contribution in [-0.2, 0) is 13.0 Å². The summed E-state index contributed by atoms with van der Waals surface area (Å²) in [7, 11) is 0. The van der Waals surface area contributed by atoms with Crippen molar-refractivity contribution >= 4 is 0 Å². The van der Waals surface area contributed by atoms with Gasteiger partial charge in [-0.25, -0.2) is 0 Å². The summed E-state index contributed by atoms with van der Waals surface area (Å²) in [5.41, 5.74) is 9.41. The molecule has 1 aliphatic heterocycles. The van der Waals surface area contributed by atoms with Gasteiger partial charge in [0, 0.05) is 18.6 Å². The summed E-state index contributed by atoms with van der Waals surface area (Å²) in [4.78, 5) is 2.58. The summed E-state index contributed by atoms with van der Waals surface area (Å²) in [6, 6.07) is 8.85. The maximum atomic E-state index is 6.12. The lowest BCUT2D eigenvalue weighted by Gasteiger charge is -2.29. The molecule has 0 bridgehead atoms. The van der Waals surface area contributed by atoms with Crippen molar-refractivity contribution in [3.63, 3.8) is 0 Å². The van der Waals surface area contributed by atoms with Crippen molar-refractivity contribution in [1.29, 1.82) is 0 Å². The molecule has 1 aliphatic carbocycles. The van der Waals surface area contributed by atoms with Crippen LogP contribution < -0.4 is 5.73 Å². The first-order chi connectivity index (χ1) is 8.25. The second-order valence-electron chi connectivity index (χ2n) is 5.76. The molecule has 0 atom stereocenters. The fourth-order valence-corrected chi connectivity index (χ4v) is 2.81. The number of rotatable bonds is 4. The molecular weight excluding hydrogens is 208 g/mol. The van der Waals surface area contributed by atoms with Gasteiger partial charge in [-0.3, -0.25) is 4.90 Å². The molecule has 0 spiro atoms. The largest absolute Gasteiger partial charge is 0.325 e. The molecule has 0 aromatic heterocycles. The van der Waals surface area contributed by atoms with Crippen molar-refractivity contribution in [1.82, 2.24) is 4.90 Å². The third-order valence-electron chi connectivity index (χ3n) is 4.25. The monoisotopic (exact) mass is 230 g/mol. The lowest BCUT2D eigenvalue weighted by Crippen LogP contribution is -2.32. The standard InChI is InChI=1S/C15H22N2/c16-15(8-9-15)7-3-10-17-11-6-13-4-1-2-5-14(13)12-17/h1-2,4-5H,3,6-12,16H2. The zero-order chi connectivity index (χ0) is 11.7. The zero-order valence-corrected chi connectivity index (χ0v) is 10.5. The van der Waals surface area contributed by atoms with Gasteiger partial charge in [0.2, 0.25) is 0 Å². The van der Waals surface area contributed by atoms with Crippen molar-refractivity contribution in [2.75, 3.05) is 13.1 Å². The van der Waals surface area contributed by atoms with Crippen molar-refractivity contribution in [3.05, 3.63) is 35.4 Å². The minimum Gasteiger partial charge on any atom is -0.325 e. The molecule has 0 unspecified atom stereocenters. The van der Waals surface area contributed by atoms with E-state index in [1.54, 1.807) is 5.56 Å². The SMILES string of the molecule is NC1(CCCN2CCc3ccccc3C2)CC1. The molecule has 1 saturated carbocycles. The fraction of sp³-hybridized carbons (Fsp3) is 0.600. The Bertz CT molecular complexity index is 396. The summed E-state index contributed by atoms with van der Waals surface area (Å²) in [5, 5.41) is 0. The van der Waals surface area contributed by atoms with Crippen molar-refractivity contribution in [2.24, 2.45) is 5.73 Å². The van der Waals surface area contributed by atoms with E-state index in [2.05, 4.69) is 29.2 Å². The molecule has 2 N–H and O–H groups in total. The molecule has 2 aliphatic rings. The molecule has 1 heterocycles. The number of fused-ring (bicyclic) bond motifs is 1. The maximum absolute atomic E-state index is 6.12. The van der Waals surface area contributed by atoms with E-state index in [-0.39, 0.29) is 5.54 Å². The van der Waals surface area contributed by atoms with Crippen LogP contribution in [0.2, 0.25) is 0 Å². The van der Waals surface area contributed by atoms with Crippen LogP contribution in [0.1, 0.15) is 36.8 Å². The summed E-state index contributed by atoms with van der Waals surface area (Å²) >= 11 is 0. The van der Waals surface area contributed by atoms with Gasteiger partial charge in [0.15, 0.2) is 0 Å². The van der Waals surface area contributed by atoms with Crippen LogP contribution in [0.4, 0.5) is 0 Å². The predicted octanol–water partition coefficient (Wildman–Crippen LogP) is 2.32.